The van der Waals surface area contributed by atoms with Crippen molar-refractivity contribution >= 4 is 5.69 Å². The number of anilines is 1. The third-order valence-corrected chi connectivity index (χ3v) is 2.62. The predicted octanol–water partition coefficient (Wildman–Crippen LogP) is 2.34. The summed E-state index contributed by atoms with van der Waals surface area (Å²) in [6, 6.07) is 1.92. The van der Waals surface area contributed by atoms with Gasteiger partial charge in [0.1, 0.15) is 18.2 Å². The number of ether oxygens (including phenoxy) is 3. The molecule has 0 fully saturated rings. The number of rotatable bonds is 5. The van der Waals surface area contributed by atoms with Crippen molar-refractivity contribution in [3.63, 3.8) is 0 Å². The Labute approximate surface area is 96.5 Å². The van der Waals surface area contributed by atoms with Gasteiger partial charge in [-0.2, -0.15) is 0 Å². The van der Waals surface area contributed by atoms with Crippen molar-refractivity contribution in [3.05, 3.63) is 17.2 Å². The molecule has 0 saturated heterocycles. The Kier molecular flexibility index (Phi) is 4.43. The third kappa shape index (κ3) is 2.39. The number of methoxy groups -OCH3 is 3. The van der Waals surface area contributed by atoms with E-state index in [2.05, 4.69) is 5.32 Å². The van der Waals surface area contributed by atoms with Crippen molar-refractivity contribution in [2.75, 3.05) is 33.4 Å². The maximum Gasteiger partial charge on any atom is 0.145 e. The van der Waals surface area contributed by atoms with Crippen LogP contribution < -0.4 is 14.8 Å². The fourth-order valence-corrected chi connectivity index (χ4v) is 1.62. The summed E-state index contributed by atoms with van der Waals surface area (Å²) in [6.07, 6.45) is 0. The highest BCUT2D eigenvalue weighted by atomic mass is 16.5. The summed E-state index contributed by atoms with van der Waals surface area (Å²) in [5, 5.41) is 3.13. The van der Waals surface area contributed by atoms with Crippen LogP contribution in [0.5, 0.6) is 11.5 Å². The lowest BCUT2D eigenvalue weighted by atomic mass is 10.1. The normalized spacial score (nSPS) is 10.1. The van der Waals surface area contributed by atoms with Crippen molar-refractivity contribution in [1.29, 1.82) is 0 Å². The van der Waals surface area contributed by atoms with Gasteiger partial charge in [-0.25, -0.2) is 0 Å². The van der Waals surface area contributed by atoms with E-state index < -0.39 is 0 Å². The second-order valence-electron chi connectivity index (χ2n) is 3.52. The third-order valence-electron chi connectivity index (χ3n) is 2.62. The SMILES string of the molecule is COCNc1cc(OC)c(C)c(C)c1OC. The highest BCUT2D eigenvalue weighted by Crippen LogP contribution is 2.36. The number of hydrogen-bond donors (Lipinski definition) is 1. The molecule has 0 unspecified atom stereocenters. The Balaban J connectivity index is 3.18. The van der Waals surface area contributed by atoms with E-state index in [1.165, 1.54) is 0 Å². The molecule has 0 saturated carbocycles. The summed E-state index contributed by atoms with van der Waals surface area (Å²) in [5.41, 5.74) is 3.03. The molecule has 90 valence electrons. The molecular weight excluding hydrogens is 206 g/mol. The summed E-state index contributed by atoms with van der Waals surface area (Å²) >= 11 is 0. The van der Waals surface area contributed by atoms with E-state index in [0.717, 1.165) is 28.3 Å². The van der Waals surface area contributed by atoms with E-state index in [-0.39, 0.29) is 0 Å². The molecular formula is C12H19NO3. The van der Waals surface area contributed by atoms with Gasteiger partial charge in [0.05, 0.1) is 19.9 Å². The van der Waals surface area contributed by atoms with Gasteiger partial charge in [0.2, 0.25) is 0 Å². The minimum atomic E-state index is 0.433. The fourth-order valence-electron chi connectivity index (χ4n) is 1.62. The molecule has 0 aliphatic rings. The average molecular weight is 225 g/mol. The molecule has 1 aromatic rings. The van der Waals surface area contributed by atoms with Crippen LogP contribution >= 0.6 is 0 Å². The minimum Gasteiger partial charge on any atom is -0.496 e. The molecule has 0 aromatic heterocycles. The Morgan fingerprint density at radius 3 is 2.25 bits per heavy atom. The van der Waals surface area contributed by atoms with Gasteiger partial charge in [-0.05, 0) is 25.0 Å². The summed E-state index contributed by atoms with van der Waals surface area (Å²) in [6.45, 7) is 4.45. The van der Waals surface area contributed by atoms with Gasteiger partial charge in [-0.3, -0.25) is 0 Å². The van der Waals surface area contributed by atoms with Crippen LogP contribution in [0.1, 0.15) is 11.1 Å². The summed E-state index contributed by atoms with van der Waals surface area (Å²) in [4.78, 5) is 0. The van der Waals surface area contributed by atoms with Crippen LogP contribution in [0.2, 0.25) is 0 Å². The maximum atomic E-state index is 5.38. The molecule has 4 nitrogen and oxygen atoms in total. The van der Waals surface area contributed by atoms with Crippen LogP contribution in [-0.4, -0.2) is 28.1 Å². The van der Waals surface area contributed by atoms with Crippen molar-refractivity contribution in [1.82, 2.24) is 0 Å². The van der Waals surface area contributed by atoms with Crippen LogP contribution in [0.3, 0.4) is 0 Å². The number of benzene rings is 1. The van der Waals surface area contributed by atoms with Crippen LogP contribution in [-0.2, 0) is 4.74 Å². The van der Waals surface area contributed by atoms with E-state index in [1.807, 2.05) is 19.9 Å². The Morgan fingerprint density at radius 1 is 1.06 bits per heavy atom. The van der Waals surface area contributed by atoms with Gasteiger partial charge in [0.15, 0.2) is 0 Å². The lowest BCUT2D eigenvalue weighted by Gasteiger charge is -2.17. The van der Waals surface area contributed by atoms with E-state index in [9.17, 15) is 0 Å². The van der Waals surface area contributed by atoms with Gasteiger partial charge in [0.25, 0.3) is 0 Å². The second-order valence-corrected chi connectivity index (χ2v) is 3.52. The molecule has 1 aromatic carbocycles. The lowest BCUT2D eigenvalue weighted by molar-refractivity contribution is 0.221. The topological polar surface area (TPSA) is 39.7 Å². The van der Waals surface area contributed by atoms with Crippen molar-refractivity contribution < 1.29 is 14.2 Å². The van der Waals surface area contributed by atoms with Gasteiger partial charge in [-0.1, -0.05) is 0 Å². The minimum absolute atomic E-state index is 0.433. The van der Waals surface area contributed by atoms with E-state index >= 15 is 0 Å². The Hall–Kier alpha value is -1.42. The zero-order valence-electron chi connectivity index (χ0n) is 10.5. The average Bonchev–Trinajstić information content (AvgIpc) is 2.30. The van der Waals surface area contributed by atoms with Gasteiger partial charge < -0.3 is 19.5 Å². The first-order valence-corrected chi connectivity index (χ1v) is 5.10. The van der Waals surface area contributed by atoms with Crippen LogP contribution in [0.25, 0.3) is 0 Å². The highest BCUT2D eigenvalue weighted by molar-refractivity contribution is 5.66. The molecule has 0 heterocycles. The Bertz CT molecular complexity index is 364. The number of nitrogens with one attached hydrogen (secondary N) is 1. The molecule has 4 heteroatoms. The zero-order valence-corrected chi connectivity index (χ0v) is 10.5. The van der Waals surface area contributed by atoms with E-state index in [0.29, 0.717) is 6.73 Å². The van der Waals surface area contributed by atoms with Gasteiger partial charge in [0, 0.05) is 13.2 Å². The van der Waals surface area contributed by atoms with E-state index in [1.54, 1.807) is 21.3 Å². The molecule has 0 atom stereocenters. The summed E-state index contributed by atoms with van der Waals surface area (Å²) < 4.78 is 15.7. The molecule has 0 bridgehead atoms. The molecule has 0 aliphatic heterocycles. The first-order chi connectivity index (χ1) is 7.65. The van der Waals surface area contributed by atoms with Gasteiger partial charge in [-0.15, -0.1) is 0 Å². The first kappa shape index (κ1) is 12.6. The maximum absolute atomic E-state index is 5.38. The predicted molar refractivity (Wildman–Crippen MR) is 64.5 cm³/mol. The van der Waals surface area contributed by atoms with Crippen molar-refractivity contribution in [2.45, 2.75) is 13.8 Å². The Morgan fingerprint density at radius 2 is 1.75 bits per heavy atom. The number of hydrogen-bond acceptors (Lipinski definition) is 4. The smallest absolute Gasteiger partial charge is 0.145 e. The lowest BCUT2D eigenvalue weighted by Crippen LogP contribution is -2.06. The molecule has 0 spiro atoms. The largest absolute Gasteiger partial charge is 0.496 e. The van der Waals surface area contributed by atoms with E-state index in [4.69, 9.17) is 14.2 Å². The summed E-state index contributed by atoms with van der Waals surface area (Å²) in [5.74, 6) is 1.67. The first-order valence-electron chi connectivity index (χ1n) is 5.10. The fraction of sp³-hybridized carbons (Fsp3) is 0.500. The monoisotopic (exact) mass is 225 g/mol. The molecule has 0 aliphatic carbocycles. The quantitative estimate of drug-likeness (QED) is 0.781. The van der Waals surface area contributed by atoms with Gasteiger partial charge >= 0.3 is 0 Å². The molecule has 0 radical (unpaired) electrons. The van der Waals surface area contributed by atoms with Crippen LogP contribution in [0.4, 0.5) is 5.69 Å². The summed E-state index contributed by atoms with van der Waals surface area (Å²) in [7, 11) is 4.96. The second kappa shape index (κ2) is 5.61. The van der Waals surface area contributed by atoms with Crippen molar-refractivity contribution in [3.8, 4) is 11.5 Å². The van der Waals surface area contributed by atoms with Crippen LogP contribution in [0.15, 0.2) is 6.07 Å². The molecule has 0 amide bonds. The van der Waals surface area contributed by atoms with Crippen molar-refractivity contribution in [2.24, 2.45) is 0 Å². The zero-order chi connectivity index (χ0) is 12.1. The van der Waals surface area contributed by atoms with Crippen LogP contribution in [0, 0.1) is 13.8 Å². The molecule has 1 rings (SSSR count). The highest BCUT2D eigenvalue weighted by Gasteiger charge is 2.13. The molecule has 1 N–H and O–H groups in total. The molecule has 16 heavy (non-hydrogen) atoms. The standard InChI is InChI=1S/C12H19NO3/c1-8-9(2)12(16-5)10(13-7-14-3)6-11(8)15-4/h6,13H,7H2,1-5H3.